The van der Waals surface area contributed by atoms with Gasteiger partial charge in [-0.3, -0.25) is 14.4 Å². The van der Waals surface area contributed by atoms with Gasteiger partial charge in [-0.15, -0.1) is 0 Å². The third-order valence-electron chi connectivity index (χ3n) is 7.90. The van der Waals surface area contributed by atoms with Crippen LogP contribution in [-0.4, -0.2) is 48.4 Å². The monoisotopic (exact) mass is 445 g/mol. The highest BCUT2D eigenvalue weighted by molar-refractivity contribution is 6.10. The molecule has 1 heterocycles. The largest absolute Gasteiger partial charge is 0.396 e. The van der Waals surface area contributed by atoms with Gasteiger partial charge in [0, 0.05) is 44.4 Å². The highest BCUT2D eigenvalue weighted by Crippen LogP contribution is 2.55. The smallest absolute Gasteiger partial charge is 0.235 e. The molecule has 3 rings (SSSR count). The zero-order chi connectivity index (χ0) is 23.8. The second-order valence-corrected chi connectivity index (χ2v) is 10.6. The van der Waals surface area contributed by atoms with Crippen LogP contribution < -0.4 is 5.32 Å². The predicted octanol–water partition coefficient (Wildman–Crippen LogP) is 3.24. The molecule has 2 N–H and O–H groups in total. The van der Waals surface area contributed by atoms with E-state index in [4.69, 9.17) is 4.74 Å². The molecule has 0 unspecified atom stereocenters. The minimum absolute atomic E-state index is 0.0682. The highest BCUT2D eigenvalue weighted by atomic mass is 16.5. The second kappa shape index (κ2) is 9.60. The number of carbonyl (C=O) groups excluding carboxylic acids is 3. The Morgan fingerprint density at radius 1 is 1.16 bits per heavy atom. The van der Waals surface area contributed by atoms with Gasteiger partial charge in [0.15, 0.2) is 11.6 Å². The van der Waals surface area contributed by atoms with Crippen molar-refractivity contribution in [3.63, 3.8) is 0 Å². The number of hydrogen-bond donors (Lipinski definition) is 2. The molecule has 32 heavy (non-hydrogen) atoms. The first kappa shape index (κ1) is 24.8. The molecular formula is C26H39NO5. The minimum atomic E-state index is -1.24. The summed E-state index contributed by atoms with van der Waals surface area (Å²) in [4.78, 5) is 40.7. The minimum Gasteiger partial charge on any atom is -0.396 e. The normalized spacial score (nSPS) is 38.4. The SMILES string of the molecule is CO[C@H]1CC(=O)[C@@]23C(=O)N[C@@H](CC(C)C)[C@@H]2[C@H](C)C(C)=C[C@@H]3C=C(C)C[C@H](CO)CC1=O. The average Bonchev–Trinajstić information content (AvgIpc) is 3.00. The molecule has 1 fully saturated rings. The van der Waals surface area contributed by atoms with Crippen LogP contribution >= 0.6 is 0 Å². The molecular weight excluding hydrogens is 406 g/mol. The lowest BCUT2D eigenvalue weighted by Crippen LogP contribution is -2.53. The number of nitrogens with one attached hydrogen (secondary N) is 1. The third-order valence-corrected chi connectivity index (χ3v) is 7.90. The zero-order valence-corrected chi connectivity index (χ0v) is 20.3. The summed E-state index contributed by atoms with van der Waals surface area (Å²) < 4.78 is 5.45. The lowest BCUT2D eigenvalue weighted by Gasteiger charge is -2.45. The van der Waals surface area contributed by atoms with Crippen molar-refractivity contribution in [2.75, 3.05) is 13.7 Å². The van der Waals surface area contributed by atoms with Gasteiger partial charge in [-0.05, 0) is 44.4 Å². The number of allylic oxidation sites excluding steroid dienone is 4. The van der Waals surface area contributed by atoms with E-state index in [9.17, 15) is 19.5 Å². The molecule has 0 aromatic rings. The van der Waals surface area contributed by atoms with Gasteiger partial charge in [0.05, 0.1) is 0 Å². The molecule has 3 aliphatic rings. The third kappa shape index (κ3) is 4.24. The Morgan fingerprint density at radius 3 is 2.44 bits per heavy atom. The number of aliphatic hydroxyl groups is 1. The van der Waals surface area contributed by atoms with Crippen molar-refractivity contribution >= 4 is 17.5 Å². The fourth-order valence-electron chi connectivity index (χ4n) is 6.32. The maximum absolute atomic E-state index is 14.0. The van der Waals surface area contributed by atoms with Crippen LogP contribution in [0.1, 0.15) is 60.3 Å². The van der Waals surface area contributed by atoms with E-state index in [2.05, 4.69) is 39.1 Å². The number of hydrogen-bond acceptors (Lipinski definition) is 5. The van der Waals surface area contributed by atoms with Gasteiger partial charge in [0.2, 0.25) is 5.91 Å². The lowest BCUT2D eigenvalue weighted by molar-refractivity contribution is -0.149. The first-order valence-corrected chi connectivity index (χ1v) is 11.9. The molecule has 7 atom stereocenters. The molecule has 2 aliphatic carbocycles. The number of aliphatic hydroxyl groups excluding tert-OH is 1. The van der Waals surface area contributed by atoms with Crippen LogP contribution in [0.5, 0.6) is 0 Å². The molecule has 0 aromatic carbocycles. The number of rotatable bonds is 4. The molecule has 6 nitrogen and oxygen atoms in total. The highest BCUT2D eigenvalue weighted by Gasteiger charge is 2.65. The molecule has 0 aromatic heterocycles. The maximum atomic E-state index is 14.0. The van der Waals surface area contributed by atoms with Crippen molar-refractivity contribution < 1.29 is 24.2 Å². The summed E-state index contributed by atoms with van der Waals surface area (Å²) >= 11 is 0. The van der Waals surface area contributed by atoms with Gasteiger partial charge < -0.3 is 15.2 Å². The van der Waals surface area contributed by atoms with E-state index in [0.29, 0.717) is 12.3 Å². The fraction of sp³-hybridized carbons (Fsp3) is 0.731. The van der Waals surface area contributed by atoms with Crippen molar-refractivity contribution in [1.29, 1.82) is 0 Å². The van der Waals surface area contributed by atoms with Crippen molar-refractivity contribution in [1.82, 2.24) is 5.32 Å². The van der Waals surface area contributed by atoms with Crippen molar-refractivity contribution in [3.8, 4) is 0 Å². The molecule has 1 saturated heterocycles. The molecule has 1 amide bonds. The van der Waals surface area contributed by atoms with E-state index in [0.717, 1.165) is 12.0 Å². The number of ether oxygens (including phenoxy) is 1. The summed E-state index contributed by atoms with van der Waals surface area (Å²) in [6.07, 6.45) is 4.61. The van der Waals surface area contributed by atoms with E-state index >= 15 is 0 Å². The van der Waals surface area contributed by atoms with Crippen LogP contribution in [0.3, 0.4) is 0 Å². The van der Waals surface area contributed by atoms with Gasteiger partial charge in [0.1, 0.15) is 11.5 Å². The molecule has 0 saturated carbocycles. The zero-order valence-electron chi connectivity index (χ0n) is 20.3. The van der Waals surface area contributed by atoms with E-state index < -0.39 is 11.5 Å². The van der Waals surface area contributed by atoms with Gasteiger partial charge in [-0.2, -0.15) is 0 Å². The number of amides is 1. The Morgan fingerprint density at radius 2 is 1.84 bits per heavy atom. The average molecular weight is 446 g/mol. The summed E-state index contributed by atoms with van der Waals surface area (Å²) in [5.74, 6) is -0.951. The molecule has 0 bridgehead atoms. The number of methoxy groups -OCH3 is 1. The second-order valence-electron chi connectivity index (χ2n) is 10.6. The Labute approximate surface area is 191 Å². The van der Waals surface area contributed by atoms with Crippen LogP contribution in [-0.2, 0) is 19.1 Å². The van der Waals surface area contributed by atoms with E-state index in [-0.39, 0.29) is 66.6 Å². The summed E-state index contributed by atoms with van der Waals surface area (Å²) in [7, 11) is 1.43. The molecule has 0 radical (unpaired) electrons. The van der Waals surface area contributed by atoms with Crippen LogP contribution in [0.25, 0.3) is 0 Å². The topological polar surface area (TPSA) is 92.7 Å². The first-order chi connectivity index (χ1) is 15.1. The molecule has 178 valence electrons. The van der Waals surface area contributed by atoms with Crippen LogP contribution in [0.2, 0.25) is 0 Å². The summed E-state index contributed by atoms with van der Waals surface area (Å²) in [5.41, 5.74) is 0.934. The quantitative estimate of drug-likeness (QED) is 0.512. The van der Waals surface area contributed by atoms with Gasteiger partial charge in [-0.1, -0.05) is 44.1 Å². The molecule has 1 aliphatic heterocycles. The Bertz CT molecular complexity index is 828. The van der Waals surface area contributed by atoms with Crippen LogP contribution in [0.4, 0.5) is 0 Å². The number of carbonyl (C=O) groups is 3. The number of ketones is 2. The van der Waals surface area contributed by atoms with Crippen LogP contribution in [0, 0.1) is 35.0 Å². The van der Waals surface area contributed by atoms with E-state index in [1.54, 1.807) is 0 Å². The van der Waals surface area contributed by atoms with Crippen molar-refractivity contribution in [3.05, 3.63) is 23.3 Å². The Hall–Kier alpha value is -1.79. The Kier molecular flexibility index (Phi) is 7.45. The molecule has 6 heteroatoms. The van der Waals surface area contributed by atoms with Gasteiger partial charge >= 0.3 is 0 Å². The maximum Gasteiger partial charge on any atom is 0.235 e. The van der Waals surface area contributed by atoms with E-state index in [1.165, 1.54) is 12.7 Å². The standard InChI is InChI=1S/C26H39NO5/c1-14(2)7-20-24-17(5)16(4)10-19-9-15(3)8-18(13-28)11-21(29)22(32-6)12-23(30)26(19,24)25(31)27-20/h9-10,14,17-20,22,24,28H,7-8,11-13H2,1-6H3,(H,27,31)/t17-,18+,19+,20+,22+,24+,26-/m1/s1. The summed E-state index contributed by atoms with van der Waals surface area (Å²) in [6, 6.07) is -0.0895. The van der Waals surface area contributed by atoms with Crippen molar-refractivity contribution in [2.24, 2.45) is 35.0 Å². The fourth-order valence-corrected chi connectivity index (χ4v) is 6.32. The van der Waals surface area contributed by atoms with Gasteiger partial charge in [-0.25, -0.2) is 0 Å². The van der Waals surface area contributed by atoms with E-state index in [1.807, 2.05) is 13.0 Å². The Balaban J connectivity index is 2.20. The lowest BCUT2D eigenvalue weighted by atomic mass is 9.54. The molecule has 1 spiro atoms. The van der Waals surface area contributed by atoms with Crippen LogP contribution in [0.15, 0.2) is 23.3 Å². The predicted molar refractivity (Wildman–Crippen MR) is 123 cm³/mol. The number of Topliss-reactive ketones (excluding diaryl/α,β-unsaturated/α-hetero) is 2. The van der Waals surface area contributed by atoms with Crippen molar-refractivity contribution in [2.45, 2.75) is 72.4 Å². The first-order valence-electron chi connectivity index (χ1n) is 11.9. The summed E-state index contributed by atoms with van der Waals surface area (Å²) in [5, 5.41) is 13.0. The summed E-state index contributed by atoms with van der Waals surface area (Å²) in [6.45, 7) is 10.3. The van der Waals surface area contributed by atoms with Gasteiger partial charge in [0.25, 0.3) is 0 Å².